The highest BCUT2D eigenvalue weighted by Gasteiger charge is 2.60. The second-order valence-corrected chi connectivity index (χ2v) is 3.64. The molecule has 0 saturated carbocycles. The molecule has 98 valence electrons. The van der Waals surface area contributed by atoms with Crippen molar-refractivity contribution in [2.24, 2.45) is 17.7 Å². The van der Waals surface area contributed by atoms with Gasteiger partial charge in [-0.25, -0.2) is 0 Å². The van der Waals surface area contributed by atoms with E-state index in [2.05, 4.69) is 0 Å². The minimum atomic E-state index is -5.36. The van der Waals surface area contributed by atoms with Crippen LogP contribution in [0.2, 0.25) is 0 Å². The van der Waals surface area contributed by atoms with Crippen molar-refractivity contribution >= 4 is 0 Å². The number of rotatable bonds is 4. The van der Waals surface area contributed by atoms with Crippen LogP contribution in [-0.2, 0) is 0 Å². The number of halogens is 6. The van der Waals surface area contributed by atoms with Gasteiger partial charge < -0.3 is 0 Å². The molecule has 2 atom stereocenters. The van der Waals surface area contributed by atoms with E-state index < -0.39 is 30.2 Å². The zero-order valence-corrected chi connectivity index (χ0v) is 8.78. The molecule has 0 aromatic rings. The van der Waals surface area contributed by atoms with Gasteiger partial charge in [0.1, 0.15) is 0 Å². The summed E-state index contributed by atoms with van der Waals surface area (Å²) in [5, 5.41) is 0. The standard InChI is InChI=1S/C8H14F6N2/c1-3-4(2)5(16-15)6(7(9,10)11)8(12,13)14/h4-6,16H,3,15H2,1-2H3. The molecule has 0 aliphatic carbocycles. The molecule has 0 bridgehead atoms. The predicted molar refractivity (Wildman–Crippen MR) is 46.2 cm³/mol. The molecule has 0 aliphatic rings. The molecule has 0 amide bonds. The van der Waals surface area contributed by atoms with Gasteiger partial charge in [0.05, 0.1) is 0 Å². The molecule has 0 rings (SSSR count). The van der Waals surface area contributed by atoms with E-state index in [1.54, 1.807) is 5.43 Å². The van der Waals surface area contributed by atoms with E-state index in [0.717, 1.165) is 0 Å². The summed E-state index contributed by atoms with van der Waals surface area (Å²) in [5.41, 5.74) is 1.63. The second-order valence-electron chi connectivity index (χ2n) is 3.64. The first-order valence-corrected chi connectivity index (χ1v) is 4.65. The summed E-state index contributed by atoms with van der Waals surface area (Å²) in [4.78, 5) is 0. The third kappa shape index (κ3) is 3.82. The first-order chi connectivity index (χ1) is 7.05. The summed E-state index contributed by atoms with van der Waals surface area (Å²) >= 11 is 0. The Hall–Kier alpha value is -0.500. The van der Waals surface area contributed by atoms with Crippen molar-refractivity contribution in [2.45, 2.75) is 38.7 Å². The van der Waals surface area contributed by atoms with Crippen LogP contribution in [0.1, 0.15) is 20.3 Å². The molecule has 2 unspecified atom stereocenters. The number of nitrogens with two attached hydrogens (primary N) is 1. The molecule has 0 fully saturated rings. The fourth-order valence-corrected chi connectivity index (χ4v) is 1.44. The number of hydrogen-bond donors (Lipinski definition) is 2. The van der Waals surface area contributed by atoms with E-state index >= 15 is 0 Å². The highest BCUT2D eigenvalue weighted by Crippen LogP contribution is 2.43. The summed E-state index contributed by atoms with van der Waals surface area (Å²) in [6.45, 7) is 2.79. The number of hydrazine groups is 1. The minimum Gasteiger partial charge on any atom is -0.271 e. The van der Waals surface area contributed by atoms with Crippen molar-refractivity contribution < 1.29 is 26.3 Å². The molecule has 3 N–H and O–H groups in total. The van der Waals surface area contributed by atoms with Crippen LogP contribution in [0.15, 0.2) is 0 Å². The molecule has 0 saturated heterocycles. The Labute approximate surface area is 89.1 Å². The fourth-order valence-electron chi connectivity index (χ4n) is 1.44. The lowest BCUT2D eigenvalue weighted by Crippen LogP contribution is -2.55. The van der Waals surface area contributed by atoms with Crippen LogP contribution < -0.4 is 11.3 Å². The van der Waals surface area contributed by atoms with Gasteiger partial charge in [-0.05, 0) is 5.92 Å². The first-order valence-electron chi connectivity index (χ1n) is 4.65. The van der Waals surface area contributed by atoms with Crippen molar-refractivity contribution in [2.75, 3.05) is 0 Å². The van der Waals surface area contributed by atoms with Crippen LogP contribution in [0.3, 0.4) is 0 Å². The molecule has 2 nitrogen and oxygen atoms in total. The third-order valence-electron chi connectivity index (χ3n) is 2.51. The smallest absolute Gasteiger partial charge is 0.271 e. The van der Waals surface area contributed by atoms with Crippen LogP contribution in [0.4, 0.5) is 26.3 Å². The first kappa shape index (κ1) is 15.5. The summed E-state index contributed by atoms with van der Waals surface area (Å²) in [6.07, 6.45) is -10.6. The highest BCUT2D eigenvalue weighted by molar-refractivity contribution is 4.88. The fraction of sp³-hybridized carbons (Fsp3) is 1.00. The number of hydrogen-bond acceptors (Lipinski definition) is 2. The Balaban J connectivity index is 5.16. The molecule has 8 heteroatoms. The minimum absolute atomic E-state index is 0.164. The van der Waals surface area contributed by atoms with E-state index in [1.807, 2.05) is 0 Å². The van der Waals surface area contributed by atoms with Gasteiger partial charge in [-0.1, -0.05) is 20.3 Å². The van der Waals surface area contributed by atoms with Crippen LogP contribution in [0.5, 0.6) is 0 Å². The van der Waals surface area contributed by atoms with E-state index in [9.17, 15) is 26.3 Å². The zero-order valence-electron chi connectivity index (χ0n) is 8.78. The highest BCUT2D eigenvalue weighted by atomic mass is 19.4. The van der Waals surface area contributed by atoms with Gasteiger partial charge in [0.25, 0.3) is 0 Å². The van der Waals surface area contributed by atoms with Crippen molar-refractivity contribution in [1.29, 1.82) is 0 Å². The molecule has 0 radical (unpaired) electrons. The van der Waals surface area contributed by atoms with Gasteiger partial charge in [0.15, 0.2) is 5.92 Å². The molecule has 0 spiro atoms. The van der Waals surface area contributed by atoms with Crippen LogP contribution >= 0.6 is 0 Å². The molecule has 0 aromatic heterocycles. The van der Waals surface area contributed by atoms with Gasteiger partial charge in [0.2, 0.25) is 0 Å². The second kappa shape index (κ2) is 5.22. The van der Waals surface area contributed by atoms with Gasteiger partial charge in [-0.15, -0.1) is 0 Å². The Morgan fingerprint density at radius 3 is 1.62 bits per heavy atom. The summed E-state index contributed by atoms with van der Waals surface area (Å²) in [7, 11) is 0. The monoisotopic (exact) mass is 252 g/mol. The Morgan fingerprint density at radius 1 is 1.06 bits per heavy atom. The maximum atomic E-state index is 12.3. The van der Waals surface area contributed by atoms with Crippen molar-refractivity contribution in [3.8, 4) is 0 Å². The van der Waals surface area contributed by atoms with E-state index in [-0.39, 0.29) is 6.42 Å². The van der Waals surface area contributed by atoms with Crippen molar-refractivity contribution in [3.05, 3.63) is 0 Å². The zero-order chi connectivity index (χ0) is 13.1. The average Bonchev–Trinajstić information content (AvgIpc) is 2.08. The Bertz CT molecular complexity index is 198. The normalized spacial score (nSPS) is 17.6. The average molecular weight is 252 g/mol. The lowest BCUT2D eigenvalue weighted by atomic mass is 9.87. The summed E-state index contributed by atoms with van der Waals surface area (Å²) in [6, 6.07) is -1.87. The molecule has 0 heterocycles. The largest absolute Gasteiger partial charge is 0.402 e. The molecular formula is C8H14F6N2. The van der Waals surface area contributed by atoms with Crippen LogP contribution in [0.25, 0.3) is 0 Å². The van der Waals surface area contributed by atoms with Crippen molar-refractivity contribution in [1.82, 2.24) is 5.43 Å². The maximum Gasteiger partial charge on any atom is 0.402 e. The topological polar surface area (TPSA) is 38.0 Å². The third-order valence-corrected chi connectivity index (χ3v) is 2.51. The molecule has 0 aromatic carbocycles. The number of alkyl halides is 6. The van der Waals surface area contributed by atoms with Gasteiger partial charge in [0, 0.05) is 6.04 Å². The number of nitrogens with one attached hydrogen (secondary N) is 1. The molecule has 0 aliphatic heterocycles. The molecular weight excluding hydrogens is 238 g/mol. The SMILES string of the molecule is CCC(C)C(NN)C(C(F)(F)F)C(F)(F)F. The van der Waals surface area contributed by atoms with Gasteiger partial charge in [-0.3, -0.25) is 11.3 Å². The Morgan fingerprint density at radius 2 is 1.44 bits per heavy atom. The molecule has 16 heavy (non-hydrogen) atoms. The van der Waals surface area contributed by atoms with Gasteiger partial charge >= 0.3 is 12.4 Å². The quantitative estimate of drug-likeness (QED) is 0.458. The van der Waals surface area contributed by atoms with Crippen molar-refractivity contribution in [3.63, 3.8) is 0 Å². The predicted octanol–water partition coefficient (Wildman–Crippen LogP) is 2.61. The van der Waals surface area contributed by atoms with Gasteiger partial charge in [-0.2, -0.15) is 26.3 Å². The summed E-state index contributed by atoms with van der Waals surface area (Å²) < 4.78 is 74.0. The van der Waals surface area contributed by atoms with Crippen LogP contribution in [0, 0.1) is 11.8 Å². The Kier molecular flexibility index (Phi) is 5.06. The lowest BCUT2D eigenvalue weighted by Gasteiger charge is -2.33. The van der Waals surface area contributed by atoms with E-state index in [1.165, 1.54) is 13.8 Å². The summed E-state index contributed by atoms with van der Waals surface area (Å²) in [5.74, 6) is 0.514. The lowest BCUT2D eigenvalue weighted by molar-refractivity contribution is -0.295. The van der Waals surface area contributed by atoms with E-state index in [0.29, 0.717) is 0 Å². The van der Waals surface area contributed by atoms with Crippen LogP contribution in [-0.4, -0.2) is 18.4 Å². The van der Waals surface area contributed by atoms with E-state index in [4.69, 9.17) is 5.84 Å². The maximum absolute atomic E-state index is 12.3.